The maximum Gasteiger partial charge on any atom is 0.234 e. The molecular weight excluding hydrogens is 332 g/mol. The van der Waals surface area contributed by atoms with Crippen LogP contribution in [0.5, 0.6) is 0 Å². The van der Waals surface area contributed by atoms with Gasteiger partial charge in [-0.3, -0.25) is 9.69 Å². The molecule has 1 amide bonds. The molecule has 1 aromatic rings. The van der Waals surface area contributed by atoms with Gasteiger partial charge in [-0.1, -0.05) is 30.3 Å². The molecule has 1 fully saturated rings. The van der Waals surface area contributed by atoms with Gasteiger partial charge in [-0.2, -0.15) is 11.8 Å². The first-order valence-corrected chi connectivity index (χ1v) is 10.7. The summed E-state index contributed by atoms with van der Waals surface area (Å²) in [5, 5.41) is 2.89. The van der Waals surface area contributed by atoms with E-state index in [4.69, 9.17) is 0 Å². The Labute approximate surface area is 142 Å². The molecule has 2 rings (SSSR count). The summed E-state index contributed by atoms with van der Waals surface area (Å²) >= 11 is 1.78. The van der Waals surface area contributed by atoms with Crippen LogP contribution in [-0.2, 0) is 20.4 Å². The maximum atomic E-state index is 11.9. The van der Waals surface area contributed by atoms with Gasteiger partial charge in [-0.25, -0.2) is 8.42 Å². The summed E-state index contributed by atoms with van der Waals surface area (Å²) in [5.74, 6) is 2.17. The molecule has 0 aliphatic carbocycles. The van der Waals surface area contributed by atoms with Crippen molar-refractivity contribution < 1.29 is 13.2 Å². The summed E-state index contributed by atoms with van der Waals surface area (Å²) in [6.45, 7) is 0.886. The van der Waals surface area contributed by atoms with Crippen LogP contribution in [0.15, 0.2) is 30.3 Å². The maximum absolute atomic E-state index is 11.9. The Hall–Kier alpha value is -1.05. The molecular formula is C16H24N2O3S2. The number of hydrogen-bond acceptors (Lipinski definition) is 5. The van der Waals surface area contributed by atoms with E-state index in [9.17, 15) is 13.2 Å². The molecule has 0 spiro atoms. The number of benzene rings is 1. The second-order valence-corrected chi connectivity index (χ2v) is 9.19. The van der Waals surface area contributed by atoms with Crippen LogP contribution in [0.1, 0.15) is 12.0 Å². The normalized spacial score (nSPS) is 19.8. The molecule has 0 radical (unpaired) electrons. The number of thioether (sulfide) groups is 1. The Kier molecular flexibility index (Phi) is 6.92. The third-order valence-electron chi connectivity index (χ3n) is 3.90. The minimum atomic E-state index is -2.90. The van der Waals surface area contributed by atoms with E-state index in [2.05, 4.69) is 17.4 Å². The highest BCUT2D eigenvalue weighted by Crippen LogP contribution is 2.16. The number of likely N-dealkylation sites (N-methyl/N-ethyl adjacent to an activating group) is 1. The molecule has 7 heteroatoms. The van der Waals surface area contributed by atoms with Gasteiger partial charge in [0, 0.05) is 24.1 Å². The average molecular weight is 357 g/mol. The summed E-state index contributed by atoms with van der Waals surface area (Å²) in [6, 6.07) is 10.2. The van der Waals surface area contributed by atoms with Crippen molar-refractivity contribution in [3.8, 4) is 0 Å². The zero-order chi connectivity index (χ0) is 16.7. The smallest absolute Gasteiger partial charge is 0.234 e. The number of carbonyl (C=O) groups excluding carboxylic acids is 1. The van der Waals surface area contributed by atoms with E-state index in [1.807, 2.05) is 30.1 Å². The lowest BCUT2D eigenvalue weighted by molar-refractivity contribution is -0.122. The predicted octanol–water partition coefficient (Wildman–Crippen LogP) is 1.15. The van der Waals surface area contributed by atoms with Crippen molar-refractivity contribution in [2.75, 3.05) is 37.4 Å². The fraction of sp³-hybridized carbons (Fsp3) is 0.562. The molecule has 1 N–H and O–H groups in total. The van der Waals surface area contributed by atoms with Crippen molar-refractivity contribution in [1.29, 1.82) is 0 Å². The van der Waals surface area contributed by atoms with E-state index in [1.165, 1.54) is 5.56 Å². The van der Waals surface area contributed by atoms with Gasteiger partial charge in [-0.05, 0) is 19.0 Å². The Balaban J connectivity index is 1.58. The monoisotopic (exact) mass is 356 g/mol. The Morgan fingerprint density at radius 3 is 2.74 bits per heavy atom. The van der Waals surface area contributed by atoms with Crippen LogP contribution in [0.3, 0.4) is 0 Å². The lowest BCUT2D eigenvalue weighted by atomic mass is 10.2. The topological polar surface area (TPSA) is 66.5 Å². The lowest BCUT2D eigenvalue weighted by Gasteiger charge is -2.22. The SMILES string of the molecule is CN(CC(=O)NCCSCc1ccccc1)[C@@H]1CCS(=O)(=O)C1. The summed E-state index contributed by atoms with van der Waals surface area (Å²) in [5.41, 5.74) is 1.28. The summed E-state index contributed by atoms with van der Waals surface area (Å²) in [6.07, 6.45) is 0.624. The van der Waals surface area contributed by atoms with E-state index in [0.717, 1.165) is 11.5 Å². The zero-order valence-corrected chi connectivity index (χ0v) is 15.0. The van der Waals surface area contributed by atoms with Crippen LogP contribution >= 0.6 is 11.8 Å². The van der Waals surface area contributed by atoms with Crippen molar-refractivity contribution in [3.63, 3.8) is 0 Å². The summed E-state index contributed by atoms with van der Waals surface area (Å²) in [4.78, 5) is 13.7. The Morgan fingerprint density at radius 2 is 2.09 bits per heavy atom. The van der Waals surface area contributed by atoms with Crippen molar-refractivity contribution in [2.45, 2.75) is 18.2 Å². The predicted molar refractivity (Wildman–Crippen MR) is 95.3 cm³/mol. The molecule has 1 aliphatic rings. The molecule has 1 heterocycles. The number of rotatable bonds is 8. The fourth-order valence-electron chi connectivity index (χ4n) is 2.56. The van der Waals surface area contributed by atoms with Crippen LogP contribution in [0.4, 0.5) is 0 Å². The van der Waals surface area contributed by atoms with Crippen molar-refractivity contribution in [3.05, 3.63) is 35.9 Å². The number of hydrogen-bond donors (Lipinski definition) is 1. The second kappa shape index (κ2) is 8.70. The van der Waals surface area contributed by atoms with Crippen molar-refractivity contribution in [1.82, 2.24) is 10.2 Å². The molecule has 5 nitrogen and oxygen atoms in total. The van der Waals surface area contributed by atoms with E-state index in [0.29, 0.717) is 13.0 Å². The molecule has 23 heavy (non-hydrogen) atoms. The third kappa shape index (κ3) is 6.53. The highest BCUT2D eigenvalue weighted by atomic mass is 32.2. The average Bonchev–Trinajstić information content (AvgIpc) is 2.88. The Morgan fingerprint density at radius 1 is 1.35 bits per heavy atom. The van der Waals surface area contributed by atoms with Gasteiger partial charge in [0.1, 0.15) is 0 Å². The van der Waals surface area contributed by atoms with Gasteiger partial charge < -0.3 is 5.32 Å². The zero-order valence-electron chi connectivity index (χ0n) is 13.4. The standard InChI is InChI=1S/C16H24N2O3S2/c1-18(15-7-10-23(20,21)13-15)11-16(19)17-8-9-22-12-14-5-3-2-4-6-14/h2-6,15H,7-13H2,1H3,(H,17,19)/t15-/m1/s1. The second-order valence-electron chi connectivity index (χ2n) is 5.86. The van der Waals surface area contributed by atoms with Crippen LogP contribution in [0.2, 0.25) is 0 Å². The van der Waals surface area contributed by atoms with Gasteiger partial charge in [-0.15, -0.1) is 0 Å². The number of carbonyl (C=O) groups is 1. The van der Waals surface area contributed by atoms with E-state index < -0.39 is 9.84 Å². The van der Waals surface area contributed by atoms with E-state index in [-0.39, 0.29) is 30.0 Å². The highest BCUT2D eigenvalue weighted by Gasteiger charge is 2.31. The van der Waals surface area contributed by atoms with E-state index >= 15 is 0 Å². The highest BCUT2D eigenvalue weighted by molar-refractivity contribution is 7.98. The van der Waals surface area contributed by atoms with Crippen molar-refractivity contribution in [2.24, 2.45) is 0 Å². The van der Waals surface area contributed by atoms with Gasteiger partial charge in [0.2, 0.25) is 5.91 Å². The van der Waals surface area contributed by atoms with Crippen LogP contribution < -0.4 is 5.32 Å². The molecule has 1 atom stereocenters. The number of sulfone groups is 1. The molecule has 0 saturated carbocycles. The number of amides is 1. The number of nitrogens with zero attached hydrogens (tertiary/aromatic N) is 1. The summed E-state index contributed by atoms with van der Waals surface area (Å²) < 4.78 is 22.9. The first-order valence-electron chi connectivity index (χ1n) is 7.75. The molecule has 0 unspecified atom stereocenters. The van der Waals surface area contributed by atoms with Gasteiger partial charge in [0.15, 0.2) is 9.84 Å². The van der Waals surface area contributed by atoms with Gasteiger partial charge in [0.05, 0.1) is 18.1 Å². The molecule has 0 aromatic heterocycles. The van der Waals surface area contributed by atoms with Gasteiger partial charge >= 0.3 is 0 Å². The fourth-order valence-corrected chi connectivity index (χ4v) is 5.19. The quantitative estimate of drug-likeness (QED) is 0.708. The van der Waals surface area contributed by atoms with Crippen LogP contribution in [0, 0.1) is 0 Å². The molecule has 0 bridgehead atoms. The van der Waals surface area contributed by atoms with Gasteiger partial charge in [0.25, 0.3) is 0 Å². The minimum Gasteiger partial charge on any atom is -0.354 e. The lowest BCUT2D eigenvalue weighted by Crippen LogP contribution is -2.41. The van der Waals surface area contributed by atoms with E-state index in [1.54, 1.807) is 11.8 Å². The Bertz CT molecular complexity index is 605. The first kappa shape index (κ1) is 18.3. The first-order chi connectivity index (χ1) is 11.0. The number of nitrogens with one attached hydrogen (secondary N) is 1. The molecule has 1 aromatic carbocycles. The molecule has 128 valence electrons. The summed E-state index contributed by atoms with van der Waals surface area (Å²) in [7, 11) is -1.09. The largest absolute Gasteiger partial charge is 0.354 e. The van der Waals surface area contributed by atoms with Crippen LogP contribution in [-0.4, -0.2) is 62.7 Å². The third-order valence-corrected chi connectivity index (χ3v) is 6.69. The molecule has 1 aliphatic heterocycles. The van der Waals surface area contributed by atoms with Crippen LogP contribution in [0.25, 0.3) is 0 Å². The molecule has 1 saturated heterocycles. The minimum absolute atomic E-state index is 0.0294. The van der Waals surface area contributed by atoms with Crippen molar-refractivity contribution >= 4 is 27.5 Å².